The van der Waals surface area contributed by atoms with Crippen molar-refractivity contribution in [3.8, 4) is 0 Å². The highest BCUT2D eigenvalue weighted by Crippen LogP contribution is 2.12. The highest BCUT2D eigenvalue weighted by Gasteiger charge is 2.02. The molecule has 2 rings (SSSR count). The minimum Gasteiger partial charge on any atom is -0.372 e. The third kappa shape index (κ3) is 4.16. The fraction of sp³-hybridized carbons (Fsp3) is 0.133. The summed E-state index contributed by atoms with van der Waals surface area (Å²) in [5.41, 5.74) is 4.76. The average molecular weight is 335 g/mol. The molecule has 2 aromatic carbocycles. The number of benzene rings is 2. The highest BCUT2D eigenvalue weighted by atomic mass is 79.9. The van der Waals surface area contributed by atoms with Gasteiger partial charge in [-0.05, 0) is 35.4 Å². The van der Waals surface area contributed by atoms with Gasteiger partial charge >= 0.3 is 0 Å². The molecule has 0 aliphatic heterocycles. The zero-order valence-corrected chi connectivity index (χ0v) is 12.4. The van der Waals surface area contributed by atoms with Gasteiger partial charge in [0.2, 0.25) is 0 Å². The number of hydrogen-bond acceptors (Lipinski definition) is 3. The minimum atomic E-state index is -0.299. The van der Waals surface area contributed by atoms with Gasteiger partial charge in [0.15, 0.2) is 0 Å². The number of carbonyl (C=O) groups excluding carboxylic acids is 1. The van der Waals surface area contributed by atoms with E-state index in [1.165, 1.54) is 0 Å². The molecule has 20 heavy (non-hydrogen) atoms. The molecule has 5 heteroatoms. The summed E-state index contributed by atoms with van der Waals surface area (Å²) in [5, 5.41) is 0. The predicted molar refractivity (Wildman–Crippen MR) is 80.7 cm³/mol. The Balaban J connectivity index is 1.85. The van der Waals surface area contributed by atoms with Crippen LogP contribution in [-0.4, -0.2) is 5.91 Å². The van der Waals surface area contributed by atoms with Crippen LogP contribution in [0.1, 0.15) is 21.5 Å². The van der Waals surface area contributed by atoms with Crippen LogP contribution in [0.15, 0.2) is 53.0 Å². The summed E-state index contributed by atoms with van der Waals surface area (Å²) in [6.45, 7) is 1.05. The molecule has 1 amide bonds. The lowest BCUT2D eigenvalue weighted by Crippen LogP contribution is -2.29. The van der Waals surface area contributed by atoms with Crippen molar-refractivity contribution >= 4 is 21.8 Å². The Labute approximate surface area is 126 Å². The van der Waals surface area contributed by atoms with Crippen LogP contribution >= 0.6 is 15.9 Å². The van der Waals surface area contributed by atoms with Gasteiger partial charge in [-0.1, -0.05) is 40.2 Å². The van der Waals surface area contributed by atoms with E-state index < -0.39 is 0 Å². The number of nitrogens with one attached hydrogen (secondary N) is 1. The smallest absolute Gasteiger partial charge is 0.265 e. The van der Waals surface area contributed by atoms with E-state index in [2.05, 4.69) is 21.4 Å². The predicted octanol–water partition coefficient (Wildman–Crippen LogP) is 2.77. The summed E-state index contributed by atoms with van der Waals surface area (Å²) in [4.78, 5) is 11.3. The Hall–Kier alpha value is -1.69. The van der Waals surface area contributed by atoms with Gasteiger partial charge in [-0.25, -0.2) is 5.84 Å². The highest BCUT2D eigenvalue weighted by molar-refractivity contribution is 9.10. The molecule has 0 aliphatic carbocycles. The Bertz CT molecular complexity index is 567. The fourth-order valence-corrected chi connectivity index (χ4v) is 1.97. The Morgan fingerprint density at radius 2 is 1.50 bits per heavy atom. The van der Waals surface area contributed by atoms with Gasteiger partial charge in [-0.15, -0.1) is 0 Å². The molecule has 3 N–H and O–H groups in total. The minimum absolute atomic E-state index is 0.299. The molecule has 0 unspecified atom stereocenters. The molecule has 4 nitrogen and oxygen atoms in total. The molecule has 0 radical (unpaired) electrons. The first-order chi connectivity index (χ1) is 9.69. The number of nitrogen functional groups attached to an aromatic ring is 1. The Morgan fingerprint density at radius 3 is 2.00 bits per heavy atom. The number of halogens is 1. The van der Waals surface area contributed by atoms with Crippen LogP contribution in [0.25, 0.3) is 0 Å². The van der Waals surface area contributed by atoms with Gasteiger partial charge in [0.1, 0.15) is 0 Å². The Kier molecular flexibility index (Phi) is 5.29. The van der Waals surface area contributed by atoms with Crippen LogP contribution < -0.4 is 11.3 Å². The van der Waals surface area contributed by atoms with E-state index in [-0.39, 0.29) is 5.91 Å². The maximum Gasteiger partial charge on any atom is 0.265 e. The van der Waals surface area contributed by atoms with E-state index in [4.69, 9.17) is 10.6 Å². The van der Waals surface area contributed by atoms with Crippen molar-refractivity contribution in [3.63, 3.8) is 0 Å². The van der Waals surface area contributed by atoms with E-state index in [1.807, 2.05) is 36.4 Å². The van der Waals surface area contributed by atoms with Crippen molar-refractivity contribution in [1.82, 2.24) is 5.43 Å². The number of hydrazine groups is 1. The zero-order valence-electron chi connectivity index (χ0n) is 10.8. The maximum absolute atomic E-state index is 11.3. The number of nitrogens with two attached hydrogens (primary N) is 1. The molecule has 104 valence electrons. The monoisotopic (exact) mass is 334 g/mol. The van der Waals surface area contributed by atoms with Gasteiger partial charge in [0, 0.05) is 10.0 Å². The lowest BCUT2D eigenvalue weighted by molar-refractivity contribution is 0.0953. The number of ether oxygens (including phenoxy) is 1. The van der Waals surface area contributed by atoms with Crippen molar-refractivity contribution in [2.75, 3.05) is 0 Å². The van der Waals surface area contributed by atoms with E-state index in [1.54, 1.807) is 12.1 Å². The van der Waals surface area contributed by atoms with Crippen LogP contribution in [-0.2, 0) is 18.0 Å². The second-order valence-electron chi connectivity index (χ2n) is 4.29. The third-order valence-corrected chi connectivity index (χ3v) is 3.33. The van der Waals surface area contributed by atoms with Gasteiger partial charge in [0.25, 0.3) is 5.91 Å². The summed E-state index contributed by atoms with van der Waals surface area (Å²) in [5.74, 6) is 4.77. The lowest BCUT2D eigenvalue weighted by atomic mass is 10.1. The van der Waals surface area contributed by atoms with E-state index in [0.29, 0.717) is 18.8 Å². The van der Waals surface area contributed by atoms with Crippen molar-refractivity contribution < 1.29 is 9.53 Å². The van der Waals surface area contributed by atoms with Crippen LogP contribution in [0.4, 0.5) is 0 Å². The zero-order chi connectivity index (χ0) is 14.4. The molecule has 0 heterocycles. The van der Waals surface area contributed by atoms with E-state index in [0.717, 1.165) is 15.6 Å². The van der Waals surface area contributed by atoms with Gasteiger partial charge in [0.05, 0.1) is 13.2 Å². The van der Waals surface area contributed by atoms with Crippen LogP contribution in [0, 0.1) is 0 Å². The third-order valence-electron chi connectivity index (χ3n) is 2.80. The van der Waals surface area contributed by atoms with Gasteiger partial charge < -0.3 is 4.74 Å². The quantitative estimate of drug-likeness (QED) is 0.502. The molecular weight excluding hydrogens is 320 g/mol. The molecule has 0 spiro atoms. The fourth-order valence-electron chi connectivity index (χ4n) is 1.70. The molecule has 2 aromatic rings. The van der Waals surface area contributed by atoms with Crippen molar-refractivity contribution in [3.05, 3.63) is 69.7 Å². The van der Waals surface area contributed by atoms with Crippen molar-refractivity contribution in [2.24, 2.45) is 5.84 Å². The second kappa shape index (κ2) is 7.19. The first kappa shape index (κ1) is 14.7. The van der Waals surface area contributed by atoms with Crippen LogP contribution in [0.2, 0.25) is 0 Å². The summed E-state index contributed by atoms with van der Waals surface area (Å²) in [7, 11) is 0. The summed E-state index contributed by atoms with van der Waals surface area (Å²) in [6.07, 6.45) is 0. The topological polar surface area (TPSA) is 64.3 Å². The lowest BCUT2D eigenvalue weighted by Gasteiger charge is -2.06. The van der Waals surface area contributed by atoms with E-state index in [9.17, 15) is 4.79 Å². The first-order valence-corrected chi connectivity index (χ1v) is 6.90. The summed E-state index contributed by atoms with van der Waals surface area (Å²) >= 11 is 3.39. The summed E-state index contributed by atoms with van der Waals surface area (Å²) in [6, 6.07) is 15.1. The summed E-state index contributed by atoms with van der Waals surface area (Å²) < 4.78 is 6.68. The van der Waals surface area contributed by atoms with E-state index >= 15 is 0 Å². The SMILES string of the molecule is NNC(=O)c1ccc(COCc2ccc(Br)cc2)cc1. The number of hydrogen-bond donors (Lipinski definition) is 2. The van der Waals surface area contributed by atoms with Crippen LogP contribution in [0.5, 0.6) is 0 Å². The molecule has 0 atom stereocenters. The molecule has 0 aliphatic rings. The Morgan fingerprint density at radius 1 is 1.00 bits per heavy atom. The molecule has 0 saturated heterocycles. The molecular formula is C15H15BrN2O2. The van der Waals surface area contributed by atoms with Gasteiger partial charge in [-0.2, -0.15) is 0 Å². The standard InChI is InChI=1S/C15H15BrN2O2/c16-14-7-3-12(4-8-14)10-20-9-11-1-5-13(6-2-11)15(19)18-17/h1-8H,9-10,17H2,(H,18,19). The largest absolute Gasteiger partial charge is 0.372 e. The van der Waals surface area contributed by atoms with Crippen molar-refractivity contribution in [2.45, 2.75) is 13.2 Å². The number of rotatable bonds is 5. The number of carbonyl (C=O) groups is 1. The molecule has 0 aromatic heterocycles. The molecule has 0 bridgehead atoms. The number of amides is 1. The van der Waals surface area contributed by atoms with Crippen molar-refractivity contribution in [1.29, 1.82) is 0 Å². The first-order valence-electron chi connectivity index (χ1n) is 6.11. The molecule has 0 fully saturated rings. The molecule has 0 saturated carbocycles. The van der Waals surface area contributed by atoms with Crippen LogP contribution in [0.3, 0.4) is 0 Å². The van der Waals surface area contributed by atoms with Gasteiger partial charge in [-0.3, -0.25) is 10.2 Å². The maximum atomic E-state index is 11.3. The normalized spacial score (nSPS) is 10.3. The second-order valence-corrected chi connectivity index (χ2v) is 5.21. The average Bonchev–Trinajstić information content (AvgIpc) is 2.49.